The van der Waals surface area contributed by atoms with Gasteiger partial charge in [-0.25, -0.2) is 9.39 Å². The van der Waals surface area contributed by atoms with Gasteiger partial charge in [0.25, 0.3) is 5.56 Å². The fourth-order valence-corrected chi connectivity index (χ4v) is 3.57. The van der Waals surface area contributed by atoms with E-state index in [0.29, 0.717) is 29.4 Å². The van der Waals surface area contributed by atoms with Gasteiger partial charge in [-0.3, -0.25) is 14.3 Å². The zero-order valence-corrected chi connectivity index (χ0v) is 15.4. The molecule has 1 aliphatic rings. The maximum atomic E-state index is 13.1. The van der Waals surface area contributed by atoms with Crippen LogP contribution in [0, 0.1) is 0 Å². The largest absolute Gasteiger partial charge is 0.294 e. The summed E-state index contributed by atoms with van der Waals surface area (Å²) in [5, 5.41) is 8.57. The molecule has 0 aliphatic carbocycles. The van der Waals surface area contributed by atoms with Crippen molar-refractivity contribution < 1.29 is 0 Å². The van der Waals surface area contributed by atoms with E-state index in [1.54, 1.807) is 16.8 Å². The van der Waals surface area contributed by atoms with E-state index in [9.17, 15) is 4.79 Å². The Labute approximate surface area is 152 Å². The number of pyridine rings is 1. The Balaban J connectivity index is 1.96. The first-order valence-corrected chi connectivity index (χ1v) is 9.14. The van der Waals surface area contributed by atoms with Crippen molar-refractivity contribution in [3.8, 4) is 11.4 Å². The summed E-state index contributed by atoms with van der Waals surface area (Å²) in [5.74, 6) is 1.75. The standard InChI is InChI=1S/C17H17BrN6O/c1-2-3-4-8-23-15-12(9-13(18)20-15)16(25)24-14(21-22-17(23)24)11-6-5-7-19-10-11/h5-7,10H,2-4,8-9H2,1H3. The molecule has 0 saturated heterocycles. The van der Waals surface area contributed by atoms with Crippen molar-refractivity contribution in [1.82, 2.24) is 24.1 Å². The Kier molecular flexibility index (Phi) is 4.20. The van der Waals surface area contributed by atoms with E-state index in [-0.39, 0.29) is 5.56 Å². The van der Waals surface area contributed by atoms with Gasteiger partial charge in [-0.2, -0.15) is 0 Å². The number of rotatable bonds is 5. The Hall–Kier alpha value is -2.35. The number of halogens is 1. The van der Waals surface area contributed by atoms with Gasteiger partial charge in [0.2, 0.25) is 5.78 Å². The smallest absolute Gasteiger partial charge is 0.266 e. The number of aryl methyl sites for hydroxylation is 1. The van der Waals surface area contributed by atoms with E-state index in [1.807, 2.05) is 16.7 Å². The summed E-state index contributed by atoms with van der Waals surface area (Å²) >= 11 is 3.44. The number of hydrogen-bond donors (Lipinski definition) is 0. The summed E-state index contributed by atoms with van der Waals surface area (Å²) in [6, 6.07) is 3.70. The summed E-state index contributed by atoms with van der Waals surface area (Å²) in [6.45, 7) is 2.92. The molecule has 0 unspecified atom stereocenters. The minimum absolute atomic E-state index is 0.112. The molecule has 0 radical (unpaired) electrons. The van der Waals surface area contributed by atoms with E-state index in [1.165, 1.54) is 0 Å². The first-order valence-electron chi connectivity index (χ1n) is 8.35. The Morgan fingerprint density at radius 2 is 2.16 bits per heavy atom. The predicted molar refractivity (Wildman–Crippen MR) is 99.7 cm³/mol. The molecule has 0 aromatic carbocycles. The van der Waals surface area contributed by atoms with Crippen LogP contribution in [0.5, 0.6) is 0 Å². The van der Waals surface area contributed by atoms with E-state index in [0.717, 1.165) is 36.0 Å². The average Bonchev–Trinajstić information content (AvgIpc) is 3.23. The second-order valence-corrected chi connectivity index (χ2v) is 6.95. The van der Waals surface area contributed by atoms with Gasteiger partial charge in [-0.05, 0) is 34.5 Å². The second-order valence-electron chi connectivity index (χ2n) is 6.03. The lowest BCUT2D eigenvalue weighted by Gasteiger charge is -2.12. The van der Waals surface area contributed by atoms with Crippen LogP contribution in [0.25, 0.3) is 17.2 Å². The van der Waals surface area contributed by atoms with Crippen LogP contribution in [0.4, 0.5) is 5.82 Å². The summed E-state index contributed by atoms with van der Waals surface area (Å²) in [6.07, 6.45) is 7.13. The van der Waals surface area contributed by atoms with E-state index in [4.69, 9.17) is 0 Å². The van der Waals surface area contributed by atoms with Crippen LogP contribution in [0.3, 0.4) is 0 Å². The summed E-state index contributed by atoms with van der Waals surface area (Å²) in [4.78, 5) is 21.7. The Bertz CT molecular complexity index is 1020. The van der Waals surface area contributed by atoms with Crippen molar-refractivity contribution in [1.29, 1.82) is 0 Å². The molecule has 0 N–H and O–H groups in total. The summed E-state index contributed by atoms with van der Waals surface area (Å²) in [7, 11) is 0. The van der Waals surface area contributed by atoms with Crippen molar-refractivity contribution in [3.63, 3.8) is 0 Å². The van der Waals surface area contributed by atoms with Gasteiger partial charge >= 0.3 is 0 Å². The van der Waals surface area contributed by atoms with Crippen molar-refractivity contribution in [2.24, 2.45) is 4.99 Å². The average molecular weight is 401 g/mol. The van der Waals surface area contributed by atoms with Crippen LogP contribution in [0.15, 0.2) is 34.3 Å². The lowest BCUT2D eigenvalue weighted by Crippen LogP contribution is -2.22. The van der Waals surface area contributed by atoms with Crippen LogP contribution < -0.4 is 5.56 Å². The van der Waals surface area contributed by atoms with Crippen LogP contribution in [0.1, 0.15) is 31.7 Å². The van der Waals surface area contributed by atoms with E-state index < -0.39 is 0 Å². The third-order valence-corrected chi connectivity index (χ3v) is 4.79. The molecule has 8 heteroatoms. The fraction of sp³-hybridized carbons (Fsp3) is 0.353. The van der Waals surface area contributed by atoms with Gasteiger partial charge in [0.1, 0.15) is 5.82 Å². The summed E-state index contributed by atoms with van der Waals surface area (Å²) in [5.41, 5.74) is 1.34. The first-order chi connectivity index (χ1) is 12.2. The third kappa shape index (κ3) is 2.70. The highest BCUT2D eigenvalue weighted by atomic mass is 79.9. The number of fused-ring (bicyclic) bond motifs is 2. The molecule has 7 nitrogen and oxygen atoms in total. The highest BCUT2D eigenvalue weighted by Crippen LogP contribution is 2.29. The van der Waals surface area contributed by atoms with Crippen LogP contribution in [0.2, 0.25) is 0 Å². The molecular formula is C17H17BrN6O. The zero-order valence-electron chi connectivity index (χ0n) is 13.8. The maximum Gasteiger partial charge on any atom is 0.266 e. The van der Waals surface area contributed by atoms with E-state index in [2.05, 4.69) is 43.0 Å². The molecule has 3 aromatic rings. The topological polar surface area (TPSA) is 77.4 Å². The molecule has 0 atom stereocenters. The molecule has 0 spiro atoms. The predicted octanol–water partition coefficient (Wildman–Crippen LogP) is 3.12. The lowest BCUT2D eigenvalue weighted by molar-refractivity contribution is 0.603. The molecule has 0 fully saturated rings. The van der Waals surface area contributed by atoms with Gasteiger partial charge in [0.05, 0.1) is 10.2 Å². The van der Waals surface area contributed by atoms with E-state index >= 15 is 0 Å². The molecule has 3 aromatic heterocycles. The molecule has 128 valence electrons. The van der Waals surface area contributed by atoms with Crippen LogP contribution in [-0.2, 0) is 13.0 Å². The number of nitrogens with zero attached hydrogens (tertiary/aromatic N) is 6. The normalized spacial score (nSPS) is 13.3. The fourth-order valence-electron chi connectivity index (χ4n) is 3.12. The van der Waals surface area contributed by atoms with Gasteiger partial charge in [0.15, 0.2) is 5.82 Å². The highest BCUT2D eigenvalue weighted by molar-refractivity contribution is 9.18. The monoisotopic (exact) mass is 400 g/mol. The van der Waals surface area contributed by atoms with Crippen molar-refractivity contribution >= 4 is 32.1 Å². The number of unbranched alkanes of at least 4 members (excludes halogenated alkanes) is 2. The molecule has 25 heavy (non-hydrogen) atoms. The first kappa shape index (κ1) is 16.1. The van der Waals surface area contributed by atoms with Crippen molar-refractivity contribution in [2.45, 2.75) is 39.2 Å². The third-order valence-electron chi connectivity index (χ3n) is 4.33. The minimum atomic E-state index is -0.112. The molecule has 1 aliphatic heterocycles. The Morgan fingerprint density at radius 1 is 1.28 bits per heavy atom. The van der Waals surface area contributed by atoms with Crippen molar-refractivity contribution in [3.05, 3.63) is 40.4 Å². The van der Waals surface area contributed by atoms with Gasteiger partial charge in [-0.1, -0.05) is 19.8 Å². The zero-order chi connectivity index (χ0) is 17.4. The van der Waals surface area contributed by atoms with Crippen LogP contribution in [-0.4, -0.2) is 28.8 Å². The molecule has 0 bridgehead atoms. The minimum Gasteiger partial charge on any atom is -0.294 e. The highest BCUT2D eigenvalue weighted by Gasteiger charge is 2.25. The number of hydrogen-bond acceptors (Lipinski definition) is 5. The molecule has 0 saturated carbocycles. The quantitative estimate of drug-likeness (QED) is 0.616. The lowest BCUT2D eigenvalue weighted by atomic mass is 10.2. The molecule has 4 heterocycles. The van der Waals surface area contributed by atoms with Gasteiger partial charge in [0, 0.05) is 30.9 Å². The maximum absolute atomic E-state index is 13.1. The van der Waals surface area contributed by atoms with Crippen LogP contribution >= 0.6 is 15.9 Å². The number of aromatic nitrogens is 5. The SMILES string of the molecule is CCCCCn1c2c(c(=O)n3c(-c4cccnc4)nnc13)CC(Br)=N2. The summed E-state index contributed by atoms with van der Waals surface area (Å²) < 4.78 is 4.36. The van der Waals surface area contributed by atoms with Gasteiger partial charge < -0.3 is 0 Å². The molecular weight excluding hydrogens is 384 g/mol. The molecule has 0 amide bonds. The van der Waals surface area contributed by atoms with Crippen molar-refractivity contribution in [2.75, 3.05) is 0 Å². The van der Waals surface area contributed by atoms with Gasteiger partial charge in [-0.15, -0.1) is 10.2 Å². The Morgan fingerprint density at radius 3 is 2.92 bits per heavy atom. The second kappa shape index (κ2) is 6.51. The molecule has 4 rings (SSSR count). The number of aliphatic imine (C=N–C) groups is 1.